The van der Waals surface area contributed by atoms with E-state index in [1.54, 1.807) is 19.1 Å². The summed E-state index contributed by atoms with van der Waals surface area (Å²) in [4.78, 5) is 0. The molecule has 29 heavy (non-hydrogen) atoms. The minimum atomic E-state index is -3.68. The number of oxime groups is 1. The van der Waals surface area contributed by atoms with Crippen LogP contribution in [-0.2, 0) is 23.1 Å². The van der Waals surface area contributed by atoms with Gasteiger partial charge in [0.1, 0.15) is 17.2 Å². The number of aromatic nitrogens is 2. The molecule has 1 saturated heterocycles. The molecule has 1 aliphatic carbocycles. The number of halogens is 1. The van der Waals surface area contributed by atoms with Gasteiger partial charge in [0.05, 0.1) is 0 Å². The van der Waals surface area contributed by atoms with Gasteiger partial charge in [0.25, 0.3) is 10.2 Å². The third-order valence-corrected chi connectivity index (χ3v) is 7.07. The molecule has 2 fully saturated rings. The van der Waals surface area contributed by atoms with E-state index < -0.39 is 10.2 Å². The van der Waals surface area contributed by atoms with Crippen molar-refractivity contribution in [3.8, 4) is 0 Å². The van der Waals surface area contributed by atoms with Crippen molar-refractivity contribution in [3.05, 3.63) is 46.5 Å². The molecular formula is C18H22FN5O4S. The SMILES string of the molecule is Cc1cc(CC(=NO)c2nonc2CC2CC3CC2CN3S(N)(=O)=O)ccc1F. The smallest absolute Gasteiger partial charge is 0.277 e. The topological polar surface area (TPSA) is 135 Å². The molecule has 9 nitrogen and oxygen atoms in total. The van der Waals surface area contributed by atoms with E-state index in [1.165, 1.54) is 10.4 Å². The number of benzene rings is 1. The molecule has 0 spiro atoms. The Morgan fingerprint density at radius 3 is 2.83 bits per heavy atom. The lowest BCUT2D eigenvalue weighted by Crippen LogP contribution is -2.43. The van der Waals surface area contributed by atoms with E-state index in [4.69, 9.17) is 9.77 Å². The van der Waals surface area contributed by atoms with Crippen LogP contribution in [0.15, 0.2) is 28.0 Å². The summed E-state index contributed by atoms with van der Waals surface area (Å²) in [5, 5.41) is 26.0. The summed E-state index contributed by atoms with van der Waals surface area (Å²) in [5.74, 6) is 0.110. The first-order valence-corrected chi connectivity index (χ1v) is 10.8. The van der Waals surface area contributed by atoms with Crippen molar-refractivity contribution in [1.29, 1.82) is 0 Å². The second kappa shape index (κ2) is 7.47. The third-order valence-electron chi connectivity index (χ3n) is 5.96. The van der Waals surface area contributed by atoms with Gasteiger partial charge in [-0.2, -0.15) is 12.7 Å². The maximum absolute atomic E-state index is 13.5. The molecule has 2 heterocycles. The number of rotatable bonds is 6. The standard InChI is InChI=1S/C18H22FN5O4S/c1-10-4-11(2-3-15(10)19)5-16(21-25)18-17(22-28-23-18)8-12-6-14-7-13(12)9-24(14)29(20,26)27/h2-4,12-14,25H,5-9H2,1H3,(H2,20,26,27). The highest BCUT2D eigenvalue weighted by atomic mass is 32.2. The van der Waals surface area contributed by atoms with Crippen LogP contribution < -0.4 is 5.14 Å². The van der Waals surface area contributed by atoms with Gasteiger partial charge >= 0.3 is 0 Å². The van der Waals surface area contributed by atoms with E-state index in [9.17, 15) is 18.0 Å². The minimum absolute atomic E-state index is 0.0866. The summed E-state index contributed by atoms with van der Waals surface area (Å²) in [6, 6.07) is 4.59. The van der Waals surface area contributed by atoms with Crippen molar-refractivity contribution in [3.63, 3.8) is 0 Å². The molecule has 1 aliphatic heterocycles. The van der Waals surface area contributed by atoms with Crippen LogP contribution in [0.4, 0.5) is 4.39 Å². The fraction of sp³-hybridized carbons (Fsp3) is 0.500. The number of fused-ring (bicyclic) bond motifs is 2. The van der Waals surface area contributed by atoms with Gasteiger partial charge in [-0.15, -0.1) is 0 Å². The van der Waals surface area contributed by atoms with Crippen LogP contribution in [0.3, 0.4) is 0 Å². The van der Waals surface area contributed by atoms with Crippen LogP contribution in [0.2, 0.25) is 0 Å². The average Bonchev–Trinajstić information content (AvgIpc) is 3.38. The van der Waals surface area contributed by atoms with E-state index in [1.807, 2.05) is 0 Å². The molecular weight excluding hydrogens is 401 g/mol. The number of nitrogens with zero attached hydrogens (tertiary/aromatic N) is 4. The van der Waals surface area contributed by atoms with Gasteiger partial charge in [0.2, 0.25) is 0 Å². The summed E-state index contributed by atoms with van der Waals surface area (Å²) in [7, 11) is -3.68. The van der Waals surface area contributed by atoms with Gasteiger partial charge in [-0.3, -0.25) is 0 Å². The second-order valence-corrected chi connectivity index (χ2v) is 9.33. The highest BCUT2D eigenvalue weighted by Gasteiger charge is 2.48. The molecule has 3 atom stereocenters. The maximum atomic E-state index is 13.5. The van der Waals surface area contributed by atoms with E-state index >= 15 is 0 Å². The van der Waals surface area contributed by atoms with Gasteiger partial charge in [-0.25, -0.2) is 14.2 Å². The molecule has 4 rings (SSSR count). The lowest BCUT2D eigenvalue weighted by Gasteiger charge is -2.28. The zero-order valence-electron chi connectivity index (χ0n) is 15.8. The molecule has 2 bridgehead atoms. The number of hydrogen-bond acceptors (Lipinski definition) is 7. The van der Waals surface area contributed by atoms with Crippen LogP contribution in [0, 0.1) is 24.6 Å². The van der Waals surface area contributed by atoms with Crippen molar-refractivity contribution < 1.29 is 22.6 Å². The number of aryl methyl sites for hydroxylation is 1. The van der Waals surface area contributed by atoms with Gasteiger partial charge in [0, 0.05) is 19.0 Å². The first kappa shape index (κ1) is 19.9. The van der Waals surface area contributed by atoms with E-state index in [0.29, 0.717) is 36.3 Å². The maximum Gasteiger partial charge on any atom is 0.277 e. The monoisotopic (exact) mass is 423 g/mol. The van der Waals surface area contributed by atoms with Crippen LogP contribution in [0.1, 0.15) is 35.4 Å². The molecule has 1 saturated carbocycles. The van der Waals surface area contributed by atoms with Crippen LogP contribution >= 0.6 is 0 Å². The van der Waals surface area contributed by atoms with Crippen LogP contribution in [0.5, 0.6) is 0 Å². The van der Waals surface area contributed by atoms with Crippen molar-refractivity contribution in [2.75, 3.05) is 6.54 Å². The number of hydrogen-bond donors (Lipinski definition) is 2. The highest BCUT2D eigenvalue weighted by Crippen LogP contribution is 2.44. The van der Waals surface area contributed by atoms with Gasteiger partial charge < -0.3 is 5.21 Å². The van der Waals surface area contributed by atoms with Crippen molar-refractivity contribution in [2.45, 2.75) is 38.6 Å². The highest BCUT2D eigenvalue weighted by molar-refractivity contribution is 7.86. The Labute approximate surface area is 167 Å². The molecule has 156 valence electrons. The van der Waals surface area contributed by atoms with E-state index in [-0.39, 0.29) is 35.8 Å². The second-order valence-electron chi connectivity index (χ2n) is 7.83. The Kier molecular flexibility index (Phi) is 5.13. The molecule has 2 aliphatic rings. The Balaban J connectivity index is 1.48. The Morgan fingerprint density at radius 1 is 1.41 bits per heavy atom. The van der Waals surface area contributed by atoms with E-state index in [2.05, 4.69) is 15.5 Å². The fourth-order valence-corrected chi connectivity index (χ4v) is 5.55. The first-order valence-electron chi connectivity index (χ1n) is 9.33. The van der Waals surface area contributed by atoms with Crippen LogP contribution in [-0.4, -0.2) is 46.5 Å². The molecule has 0 amide bonds. The average molecular weight is 423 g/mol. The zero-order chi connectivity index (χ0) is 20.8. The summed E-state index contributed by atoms with van der Waals surface area (Å²) < 4.78 is 43.1. The minimum Gasteiger partial charge on any atom is -0.411 e. The molecule has 2 aromatic rings. The Bertz CT molecular complexity index is 1050. The van der Waals surface area contributed by atoms with Gasteiger partial charge in [-0.05, 0) is 60.4 Å². The summed E-state index contributed by atoms with van der Waals surface area (Å²) >= 11 is 0. The Morgan fingerprint density at radius 2 is 2.21 bits per heavy atom. The molecule has 1 aromatic carbocycles. The fourth-order valence-electron chi connectivity index (χ4n) is 4.57. The molecule has 3 unspecified atom stereocenters. The molecule has 3 N–H and O–H groups in total. The predicted octanol–water partition coefficient (Wildman–Crippen LogP) is 1.39. The third kappa shape index (κ3) is 3.89. The molecule has 0 radical (unpaired) electrons. The summed E-state index contributed by atoms with van der Waals surface area (Å²) in [6.45, 7) is 2.07. The molecule has 11 heteroatoms. The quantitative estimate of drug-likeness (QED) is 0.410. The lowest BCUT2D eigenvalue weighted by molar-refractivity contribution is 0.255. The normalized spacial score (nSPS) is 25.1. The summed E-state index contributed by atoms with van der Waals surface area (Å²) in [5.41, 5.74) is 2.48. The van der Waals surface area contributed by atoms with E-state index in [0.717, 1.165) is 12.0 Å². The zero-order valence-corrected chi connectivity index (χ0v) is 16.6. The predicted molar refractivity (Wildman–Crippen MR) is 101 cm³/mol. The summed E-state index contributed by atoms with van der Waals surface area (Å²) in [6.07, 6.45) is 2.25. The molecule has 1 aromatic heterocycles. The Hall–Kier alpha value is -2.37. The van der Waals surface area contributed by atoms with Crippen molar-refractivity contribution in [1.82, 2.24) is 14.6 Å². The van der Waals surface area contributed by atoms with Crippen LogP contribution in [0.25, 0.3) is 0 Å². The first-order chi connectivity index (χ1) is 13.8. The lowest BCUT2D eigenvalue weighted by atomic mass is 9.89. The number of nitrogens with two attached hydrogens (primary N) is 1. The van der Waals surface area contributed by atoms with Gasteiger partial charge in [-0.1, -0.05) is 22.4 Å². The largest absolute Gasteiger partial charge is 0.411 e. The van der Waals surface area contributed by atoms with Crippen molar-refractivity contribution >= 4 is 15.9 Å². The van der Waals surface area contributed by atoms with Gasteiger partial charge in [0.15, 0.2) is 5.69 Å². The van der Waals surface area contributed by atoms with Crippen molar-refractivity contribution in [2.24, 2.45) is 22.1 Å². The number of piperidine rings is 1.